The average Bonchev–Trinajstić information content (AvgIpc) is 3.03. The predicted octanol–water partition coefficient (Wildman–Crippen LogP) is 3.35. The number of rotatable bonds is 3. The second-order valence-electron chi connectivity index (χ2n) is 8.21. The molecule has 0 saturated heterocycles. The Morgan fingerprint density at radius 1 is 1.31 bits per heavy atom. The van der Waals surface area contributed by atoms with Crippen LogP contribution in [0.4, 0.5) is 0 Å². The molecule has 0 aromatic carbocycles. The van der Waals surface area contributed by atoms with Gasteiger partial charge < -0.3 is 15.2 Å². The van der Waals surface area contributed by atoms with Crippen LogP contribution in [0.2, 0.25) is 0 Å². The van der Waals surface area contributed by atoms with Crippen LogP contribution in [0, 0.1) is 16.7 Å². The molecule has 0 bridgehead atoms. The van der Waals surface area contributed by atoms with E-state index in [1.165, 1.54) is 0 Å². The van der Waals surface area contributed by atoms with Crippen molar-refractivity contribution in [2.45, 2.75) is 54.4 Å². The van der Waals surface area contributed by atoms with Gasteiger partial charge in [-0.05, 0) is 64.7 Å². The van der Waals surface area contributed by atoms with E-state index < -0.39 is 11.4 Å². The quantitative estimate of drug-likeness (QED) is 0.617. The van der Waals surface area contributed by atoms with Crippen LogP contribution in [0.1, 0.15) is 54.4 Å². The van der Waals surface area contributed by atoms with E-state index in [4.69, 9.17) is 15.2 Å². The molecule has 6 heteroatoms. The summed E-state index contributed by atoms with van der Waals surface area (Å²) < 4.78 is 11.0. The molecule has 1 fully saturated rings. The number of nitrogens with two attached hydrogens (primary N) is 1. The number of fused-ring (bicyclic) bond motifs is 1. The van der Waals surface area contributed by atoms with Crippen molar-refractivity contribution in [2.24, 2.45) is 27.5 Å². The number of esters is 2. The molecule has 1 saturated carbocycles. The second kappa shape index (κ2) is 5.83. The van der Waals surface area contributed by atoms with Crippen LogP contribution >= 0.6 is 0 Å². The van der Waals surface area contributed by atoms with Gasteiger partial charge in [0.05, 0.1) is 5.41 Å². The van der Waals surface area contributed by atoms with E-state index in [0.29, 0.717) is 17.4 Å². The summed E-state index contributed by atoms with van der Waals surface area (Å²) in [5.41, 5.74) is 7.17. The summed E-state index contributed by atoms with van der Waals surface area (Å²) in [4.78, 5) is 28.7. The first-order chi connectivity index (χ1) is 12.0. The highest BCUT2D eigenvalue weighted by Gasteiger charge is 2.64. The minimum absolute atomic E-state index is 0.0820. The molecule has 26 heavy (non-hydrogen) atoms. The van der Waals surface area contributed by atoms with Crippen molar-refractivity contribution in [1.82, 2.24) is 0 Å². The summed E-state index contributed by atoms with van der Waals surface area (Å²) in [6, 6.07) is 0. The molecular formula is C20H26N2O4. The van der Waals surface area contributed by atoms with Crippen molar-refractivity contribution in [3.05, 3.63) is 34.4 Å². The first-order valence-corrected chi connectivity index (χ1v) is 8.88. The van der Waals surface area contributed by atoms with Gasteiger partial charge in [0, 0.05) is 11.3 Å². The summed E-state index contributed by atoms with van der Waals surface area (Å²) >= 11 is 0. The Labute approximate surface area is 153 Å². The highest BCUT2D eigenvalue weighted by molar-refractivity contribution is 6.07. The molecule has 0 amide bonds. The van der Waals surface area contributed by atoms with Crippen LogP contribution in [0.15, 0.2) is 39.4 Å². The standard InChI is InChI=1S/C20H26N2O4/c1-10(2)14(21)16(23)25-13-9-20(6)12(13)7-8-19(20,5)18-22-15(11(3)4)17(24)26-18/h9,12H,7-8,21H2,1-6H3/t12?,19-,20?/m1/s1. The van der Waals surface area contributed by atoms with E-state index in [9.17, 15) is 9.59 Å². The fourth-order valence-electron chi connectivity index (χ4n) is 4.05. The maximum absolute atomic E-state index is 12.1. The SMILES string of the molecule is CC(C)=C(N)C(=O)OC1=CC2(C)C1CC[C@]2(C)C1=NC(=C(C)C)C(=O)O1. The summed E-state index contributed by atoms with van der Waals surface area (Å²) in [5.74, 6) is 0.299. The van der Waals surface area contributed by atoms with E-state index in [-0.39, 0.29) is 23.0 Å². The Hall–Kier alpha value is -2.37. The van der Waals surface area contributed by atoms with Crippen molar-refractivity contribution in [3.63, 3.8) is 0 Å². The lowest BCUT2D eigenvalue weighted by Gasteiger charge is -2.47. The molecule has 140 valence electrons. The van der Waals surface area contributed by atoms with Crippen molar-refractivity contribution in [2.75, 3.05) is 0 Å². The Morgan fingerprint density at radius 3 is 2.50 bits per heavy atom. The number of hydrogen-bond acceptors (Lipinski definition) is 6. The third-order valence-corrected chi connectivity index (χ3v) is 6.14. The van der Waals surface area contributed by atoms with Gasteiger partial charge in [-0.3, -0.25) is 0 Å². The van der Waals surface area contributed by atoms with Gasteiger partial charge in [-0.1, -0.05) is 6.92 Å². The van der Waals surface area contributed by atoms with Crippen LogP contribution in [-0.4, -0.2) is 17.8 Å². The van der Waals surface area contributed by atoms with Crippen LogP contribution < -0.4 is 5.73 Å². The Kier molecular flexibility index (Phi) is 4.13. The third kappa shape index (κ3) is 2.42. The number of aliphatic imine (C=N–C) groups is 1. The van der Waals surface area contributed by atoms with Crippen LogP contribution in [0.5, 0.6) is 0 Å². The fraction of sp³-hybridized carbons (Fsp3) is 0.550. The minimum atomic E-state index is -0.511. The molecule has 0 aromatic heterocycles. The average molecular weight is 358 g/mol. The lowest BCUT2D eigenvalue weighted by atomic mass is 9.58. The van der Waals surface area contributed by atoms with Gasteiger partial charge in [0.1, 0.15) is 11.5 Å². The van der Waals surface area contributed by atoms with Gasteiger partial charge in [0.2, 0.25) is 5.90 Å². The van der Waals surface area contributed by atoms with Crippen molar-refractivity contribution >= 4 is 17.8 Å². The molecule has 6 nitrogen and oxygen atoms in total. The third-order valence-electron chi connectivity index (χ3n) is 6.14. The largest absolute Gasteiger partial charge is 0.426 e. The molecule has 2 N–H and O–H groups in total. The van der Waals surface area contributed by atoms with E-state index in [0.717, 1.165) is 24.0 Å². The Morgan fingerprint density at radius 2 is 1.96 bits per heavy atom. The maximum atomic E-state index is 12.1. The molecule has 0 radical (unpaired) electrons. The lowest BCUT2D eigenvalue weighted by Crippen LogP contribution is -2.47. The summed E-state index contributed by atoms with van der Waals surface area (Å²) in [7, 11) is 0. The molecular weight excluding hydrogens is 332 g/mol. The molecule has 2 unspecified atom stereocenters. The molecule has 1 heterocycles. The van der Waals surface area contributed by atoms with E-state index in [1.807, 2.05) is 19.9 Å². The summed E-state index contributed by atoms with van der Waals surface area (Å²) in [6.07, 6.45) is 3.59. The Bertz CT molecular complexity index is 825. The van der Waals surface area contributed by atoms with E-state index in [1.54, 1.807) is 13.8 Å². The van der Waals surface area contributed by atoms with Gasteiger partial charge in [0.25, 0.3) is 0 Å². The molecule has 3 rings (SSSR count). The van der Waals surface area contributed by atoms with Crippen molar-refractivity contribution < 1.29 is 19.1 Å². The zero-order chi connectivity index (χ0) is 19.4. The zero-order valence-corrected chi connectivity index (χ0v) is 16.2. The summed E-state index contributed by atoms with van der Waals surface area (Å²) in [6.45, 7) is 11.4. The smallest absolute Gasteiger partial charge is 0.363 e. The second-order valence-corrected chi connectivity index (χ2v) is 8.21. The van der Waals surface area contributed by atoms with Crippen LogP contribution in [0.25, 0.3) is 0 Å². The molecule has 3 aliphatic rings. The first kappa shape index (κ1) is 18.4. The number of allylic oxidation sites excluding steroid dienone is 4. The molecule has 3 atom stereocenters. The number of carbonyl (C=O) groups excluding carboxylic acids is 2. The fourth-order valence-corrected chi connectivity index (χ4v) is 4.05. The summed E-state index contributed by atoms with van der Waals surface area (Å²) in [5, 5.41) is 0. The number of hydrogen-bond donors (Lipinski definition) is 1. The number of carbonyl (C=O) groups is 2. The molecule has 0 aromatic rings. The van der Waals surface area contributed by atoms with Gasteiger partial charge in [-0.2, -0.15) is 0 Å². The van der Waals surface area contributed by atoms with Crippen LogP contribution in [-0.2, 0) is 19.1 Å². The van der Waals surface area contributed by atoms with Gasteiger partial charge in [-0.15, -0.1) is 0 Å². The van der Waals surface area contributed by atoms with Crippen LogP contribution in [0.3, 0.4) is 0 Å². The topological polar surface area (TPSA) is 91.0 Å². The highest BCUT2D eigenvalue weighted by Crippen LogP contribution is 2.66. The number of cyclic esters (lactones) is 1. The van der Waals surface area contributed by atoms with Gasteiger partial charge in [-0.25, -0.2) is 14.6 Å². The Balaban J connectivity index is 1.87. The zero-order valence-electron chi connectivity index (χ0n) is 16.2. The normalized spacial score (nSPS) is 32.2. The van der Waals surface area contributed by atoms with Crippen molar-refractivity contribution in [3.8, 4) is 0 Å². The number of nitrogens with zero attached hydrogens (tertiary/aromatic N) is 1. The van der Waals surface area contributed by atoms with Gasteiger partial charge in [0.15, 0.2) is 5.70 Å². The lowest BCUT2D eigenvalue weighted by molar-refractivity contribution is -0.137. The maximum Gasteiger partial charge on any atom is 0.363 e. The molecule has 1 aliphatic heterocycles. The van der Waals surface area contributed by atoms with Crippen molar-refractivity contribution in [1.29, 1.82) is 0 Å². The highest BCUT2D eigenvalue weighted by atomic mass is 16.6. The molecule has 0 spiro atoms. The number of ether oxygens (including phenoxy) is 2. The van der Waals surface area contributed by atoms with E-state index in [2.05, 4.69) is 18.8 Å². The predicted molar refractivity (Wildman–Crippen MR) is 97.6 cm³/mol. The van der Waals surface area contributed by atoms with E-state index >= 15 is 0 Å². The first-order valence-electron chi connectivity index (χ1n) is 8.88. The molecule has 2 aliphatic carbocycles. The van der Waals surface area contributed by atoms with Gasteiger partial charge >= 0.3 is 11.9 Å². The monoisotopic (exact) mass is 358 g/mol. The minimum Gasteiger partial charge on any atom is -0.426 e.